The maximum Gasteiger partial charge on any atom is 0.150 e. The first-order chi connectivity index (χ1) is 13.1. The second-order valence-corrected chi connectivity index (χ2v) is 6.24. The number of aromatic nitrogens is 2. The molecular weight excluding hydrogens is 350 g/mol. The lowest BCUT2D eigenvalue weighted by Crippen LogP contribution is -2.32. The second-order valence-electron chi connectivity index (χ2n) is 6.24. The van der Waals surface area contributed by atoms with Gasteiger partial charge in [0.15, 0.2) is 0 Å². The molecule has 0 spiro atoms. The number of rotatable bonds is 4. The van der Waals surface area contributed by atoms with Gasteiger partial charge in [0.1, 0.15) is 28.7 Å². The summed E-state index contributed by atoms with van der Waals surface area (Å²) >= 11 is 0. The number of aliphatic hydroxyl groups is 1. The van der Waals surface area contributed by atoms with Gasteiger partial charge >= 0.3 is 0 Å². The Hall–Kier alpha value is -3.19. The van der Waals surface area contributed by atoms with Gasteiger partial charge < -0.3 is 10.4 Å². The fourth-order valence-corrected chi connectivity index (χ4v) is 3.14. The zero-order valence-corrected chi connectivity index (χ0v) is 14.2. The number of amidine groups is 1. The predicted octanol–water partition coefficient (Wildman–Crippen LogP) is 2.54. The number of hydrogen-bond donors (Lipinski definition) is 2. The van der Waals surface area contributed by atoms with Crippen molar-refractivity contribution in [2.75, 3.05) is 6.54 Å². The Balaban J connectivity index is 1.82. The van der Waals surface area contributed by atoms with Crippen LogP contribution in [0.5, 0.6) is 0 Å². The Morgan fingerprint density at radius 2 is 1.48 bits per heavy atom. The molecule has 0 aliphatic carbocycles. The van der Waals surface area contributed by atoms with Gasteiger partial charge in [0.25, 0.3) is 0 Å². The monoisotopic (exact) mass is 366 g/mol. The lowest BCUT2D eigenvalue weighted by molar-refractivity contribution is 0.276. The average molecular weight is 366 g/mol. The molecule has 0 saturated carbocycles. The molecule has 2 heterocycles. The summed E-state index contributed by atoms with van der Waals surface area (Å²) in [7, 11) is 0. The highest BCUT2D eigenvalue weighted by atomic mass is 19.1. The van der Waals surface area contributed by atoms with Crippen molar-refractivity contribution in [2.45, 2.75) is 12.1 Å². The molecule has 0 fully saturated rings. The summed E-state index contributed by atoms with van der Waals surface area (Å²) in [5, 5.41) is 12.3. The van der Waals surface area contributed by atoms with E-state index in [1.807, 2.05) is 0 Å². The van der Waals surface area contributed by atoms with E-state index < -0.39 is 5.54 Å². The molecule has 0 radical (unpaired) electrons. The first kappa shape index (κ1) is 17.2. The first-order valence-corrected chi connectivity index (χ1v) is 8.39. The molecular formula is C20H16F2N4O. The minimum atomic E-state index is -0.839. The first-order valence-electron chi connectivity index (χ1n) is 8.39. The summed E-state index contributed by atoms with van der Waals surface area (Å²) in [5.41, 5.74) is 1.70. The number of aliphatic hydroxyl groups excluding tert-OH is 1. The molecule has 2 N–H and O–H groups in total. The standard InChI is InChI=1S/C20H16F2N4O/c21-15-5-1-13(2-6-15)20(14-3-7-16(22)8-4-14)12-25-19(26-20)18-10-23-17(11-27)9-24-18/h1-10,27H,11-12H2,(H,25,26). The van der Waals surface area contributed by atoms with Crippen molar-refractivity contribution in [1.82, 2.24) is 15.3 Å². The van der Waals surface area contributed by atoms with Gasteiger partial charge in [0.2, 0.25) is 0 Å². The van der Waals surface area contributed by atoms with E-state index in [-0.39, 0.29) is 18.2 Å². The molecule has 1 aliphatic rings. The minimum absolute atomic E-state index is 0.192. The van der Waals surface area contributed by atoms with Crippen molar-refractivity contribution in [3.05, 3.63) is 95.1 Å². The van der Waals surface area contributed by atoms with Crippen LogP contribution < -0.4 is 5.32 Å². The molecule has 7 heteroatoms. The summed E-state index contributed by atoms with van der Waals surface area (Å²) in [4.78, 5) is 13.2. The number of aliphatic imine (C=N–C) groups is 1. The number of nitrogens with one attached hydrogen (secondary N) is 1. The number of nitrogens with zero attached hydrogens (tertiary/aromatic N) is 3. The molecule has 1 aliphatic heterocycles. The van der Waals surface area contributed by atoms with Gasteiger partial charge in [-0.05, 0) is 35.4 Å². The van der Waals surface area contributed by atoms with Crippen LogP contribution in [0.4, 0.5) is 8.78 Å². The zero-order chi connectivity index (χ0) is 18.9. The Morgan fingerprint density at radius 3 is 1.96 bits per heavy atom. The van der Waals surface area contributed by atoms with Crippen LogP contribution >= 0.6 is 0 Å². The normalized spacial score (nSPS) is 15.3. The van der Waals surface area contributed by atoms with Crippen LogP contribution in [0.2, 0.25) is 0 Å². The third kappa shape index (κ3) is 3.17. The van der Waals surface area contributed by atoms with E-state index in [4.69, 9.17) is 10.1 Å². The lowest BCUT2D eigenvalue weighted by atomic mass is 9.84. The Morgan fingerprint density at radius 1 is 0.889 bits per heavy atom. The predicted molar refractivity (Wildman–Crippen MR) is 96.1 cm³/mol. The fourth-order valence-electron chi connectivity index (χ4n) is 3.14. The van der Waals surface area contributed by atoms with Gasteiger partial charge in [0, 0.05) is 0 Å². The Bertz CT molecular complexity index is 925. The lowest BCUT2D eigenvalue weighted by Gasteiger charge is -2.26. The van der Waals surface area contributed by atoms with E-state index in [9.17, 15) is 8.78 Å². The van der Waals surface area contributed by atoms with Crippen molar-refractivity contribution in [3.8, 4) is 0 Å². The molecule has 27 heavy (non-hydrogen) atoms. The van der Waals surface area contributed by atoms with Gasteiger partial charge in [-0.3, -0.25) is 4.98 Å². The molecule has 2 aromatic carbocycles. The van der Waals surface area contributed by atoms with Crippen LogP contribution in [0.3, 0.4) is 0 Å². The molecule has 0 amide bonds. The van der Waals surface area contributed by atoms with Gasteiger partial charge in [-0.1, -0.05) is 24.3 Å². The molecule has 4 rings (SSSR count). The summed E-state index contributed by atoms with van der Waals surface area (Å²) in [6.07, 6.45) is 3.01. The molecule has 5 nitrogen and oxygen atoms in total. The quantitative estimate of drug-likeness (QED) is 0.745. The van der Waals surface area contributed by atoms with Crippen LogP contribution in [0.15, 0.2) is 65.9 Å². The maximum atomic E-state index is 13.4. The number of hydrogen-bond acceptors (Lipinski definition) is 5. The molecule has 0 saturated heterocycles. The van der Waals surface area contributed by atoms with Crippen molar-refractivity contribution >= 4 is 5.84 Å². The van der Waals surface area contributed by atoms with E-state index in [0.29, 0.717) is 23.8 Å². The maximum absolute atomic E-state index is 13.4. The van der Waals surface area contributed by atoms with Crippen molar-refractivity contribution in [1.29, 1.82) is 0 Å². The largest absolute Gasteiger partial charge is 0.390 e. The molecule has 136 valence electrons. The summed E-state index contributed by atoms with van der Waals surface area (Å²) in [6, 6.07) is 12.2. The van der Waals surface area contributed by atoms with Crippen LogP contribution in [0.1, 0.15) is 22.5 Å². The topological polar surface area (TPSA) is 70.4 Å². The van der Waals surface area contributed by atoms with E-state index in [1.165, 1.54) is 36.7 Å². The number of benzene rings is 2. The summed E-state index contributed by atoms with van der Waals surface area (Å²) in [6.45, 7) is 0.214. The van der Waals surface area contributed by atoms with Crippen LogP contribution in [0, 0.1) is 11.6 Å². The average Bonchev–Trinajstić information content (AvgIpc) is 3.15. The van der Waals surface area contributed by atoms with E-state index in [2.05, 4.69) is 15.3 Å². The van der Waals surface area contributed by atoms with Gasteiger partial charge in [-0.25, -0.2) is 18.8 Å². The highest BCUT2D eigenvalue weighted by Gasteiger charge is 2.39. The fraction of sp³-hybridized carbons (Fsp3) is 0.150. The molecule has 1 aromatic heterocycles. The van der Waals surface area contributed by atoms with Crippen LogP contribution in [-0.4, -0.2) is 27.5 Å². The summed E-state index contributed by atoms with van der Waals surface area (Å²) < 4.78 is 26.9. The highest BCUT2D eigenvalue weighted by Crippen LogP contribution is 2.36. The van der Waals surface area contributed by atoms with Gasteiger partial charge in [-0.15, -0.1) is 0 Å². The van der Waals surface area contributed by atoms with Crippen LogP contribution in [-0.2, 0) is 12.1 Å². The summed E-state index contributed by atoms with van der Waals surface area (Å²) in [5.74, 6) is -0.150. The highest BCUT2D eigenvalue weighted by molar-refractivity contribution is 5.98. The second kappa shape index (κ2) is 6.85. The van der Waals surface area contributed by atoms with Gasteiger partial charge in [-0.2, -0.15) is 0 Å². The van der Waals surface area contributed by atoms with Gasteiger partial charge in [0.05, 0.1) is 31.2 Å². The van der Waals surface area contributed by atoms with E-state index in [1.54, 1.807) is 24.3 Å². The Kier molecular flexibility index (Phi) is 4.37. The number of halogens is 2. The molecule has 0 atom stereocenters. The van der Waals surface area contributed by atoms with E-state index in [0.717, 1.165) is 11.1 Å². The Labute approximate surface area is 154 Å². The van der Waals surface area contributed by atoms with Crippen molar-refractivity contribution in [2.24, 2.45) is 4.99 Å². The molecule has 0 bridgehead atoms. The zero-order valence-electron chi connectivity index (χ0n) is 14.2. The van der Waals surface area contributed by atoms with Crippen LogP contribution in [0.25, 0.3) is 0 Å². The third-order valence-electron chi connectivity index (χ3n) is 4.57. The SMILES string of the molecule is OCc1cnc(C2=NC(c3ccc(F)cc3)(c3ccc(F)cc3)CN2)cn1. The minimum Gasteiger partial charge on any atom is -0.390 e. The molecule has 3 aromatic rings. The third-order valence-corrected chi connectivity index (χ3v) is 4.57. The molecule has 0 unspecified atom stereocenters. The van der Waals surface area contributed by atoms with Crippen molar-refractivity contribution < 1.29 is 13.9 Å². The van der Waals surface area contributed by atoms with Crippen molar-refractivity contribution in [3.63, 3.8) is 0 Å². The smallest absolute Gasteiger partial charge is 0.150 e. The van der Waals surface area contributed by atoms with E-state index >= 15 is 0 Å².